The second-order valence-electron chi connectivity index (χ2n) is 3.56. The molecule has 0 saturated heterocycles. The Morgan fingerprint density at radius 3 is 2.61 bits per heavy atom. The third kappa shape index (κ3) is 3.00. The van der Waals surface area contributed by atoms with Gasteiger partial charge in [0, 0.05) is 9.13 Å². The van der Waals surface area contributed by atoms with E-state index in [0.717, 1.165) is 9.64 Å². The lowest BCUT2D eigenvalue weighted by Crippen LogP contribution is -2.12. The van der Waals surface area contributed by atoms with Crippen LogP contribution >= 0.6 is 34.2 Å². The molecule has 1 N–H and O–H groups in total. The Morgan fingerprint density at radius 1 is 1.22 bits per heavy atom. The van der Waals surface area contributed by atoms with E-state index in [1.54, 1.807) is 6.07 Å². The molecule has 5 heteroatoms. The summed E-state index contributed by atoms with van der Waals surface area (Å²) in [6.45, 7) is 0. The minimum atomic E-state index is -0.605. The van der Waals surface area contributed by atoms with Crippen LogP contribution in [-0.4, -0.2) is 5.91 Å². The number of rotatable bonds is 2. The molecule has 0 spiro atoms. The second kappa shape index (κ2) is 5.67. The summed E-state index contributed by atoms with van der Waals surface area (Å²) >= 11 is 7.68. The first-order valence-electron chi connectivity index (χ1n) is 5.09. The van der Waals surface area contributed by atoms with Crippen molar-refractivity contribution >= 4 is 45.8 Å². The molecule has 92 valence electrons. The maximum Gasteiger partial charge on any atom is 0.255 e. The normalized spacial score (nSPS) is 10.2. The number of benzene rings is 2. The molecule has 2 rings (SSSR count). The fourth-order valence-corrected chi connectivity index (χ4v) is 2.03. The molecule has 2 nitrogen and oxygen atoms in total. The highest BCUT2D eigenvalue weighted by atomic mass is 127. The van der Waals surface area contributed by atoms with Gasteiger partial charge in [0.25, 0.3) is 5.91 Å². The topological polar surface area (TPSA) is 29.1 Å². The van der Waals surface area contributed by atoms with Crippen LogP contribution in [-0.2, 0) is 0 Å². The van der Waals surface area contributed by atoms with Crippen LogP contribution in [0.3, 0.4) is 0 Å². The molecule has 0 fully saturated rings. The van der Waals surface area contributed by atoms with Gasteiger partial charge in [0.15, 0.2) is 0 Å². The maximum absolute atomic E-state index is 13.2. The van der Waals surface area contributed by atoms with E-state index < -0.39 is 5.82 Å². The first-order chi connectivity index (χ1) is 8.58. The predicted octanol–water partition coefficient (Wildman–Crippen LogP) is 4.34. The Hall–Kier alpha value is -1.14. The van der Waals surface area contributed by atoms with Gasteiger partial charge in [-0.2, -0.15) is 0 Å². The molecule has 1 amide bonds. The largest absolute Gasteiger partial charge is 0.321 e. The Labute approximate surface area is 122 Å². The summed E-state index contributed by atoms with van der Waals surface area (Å²) in [5, 5.41) is 2.72. The average molecular weight is 376 g/mol. The van der Waals surface area contributed by atoms with E-state index in [9.17, 15) is 9.18 Å². The average Bonchev–Trinajstić information content (AvgIpc) is 2.35. The van der Waals surface area contributed by atoms with E-state index in [1.807, 2.05) is 18.2 Å². The lowest BCUT2D eigenvalue weighted by molar-refractivity contribution is 0.102. The zero-order valence-corrected chi connectivity index (χ0v) is 12.0. The summed E-state index contributed by atoms with van der Waals surface area (Å²) in [5.74, 6) is -0.971. The number of para-hydroxylation sites is 1. The highest BCUT2D eigenvalue weighted by Crippen LogP contribution is 2.19. The molecule has 0 atom stereocenters. The van der Waals surface area contributed by atoms with Crippen LogP contribution in [0.15, 0.2) is 42.5 Å². The van der Waals surface area contributed by atoms with Crippen molar-refractivity contribution in [3.63, 3.8) is 0 Å². The molecule has 0 unspecified atom stereocenters. The fourth-order valence-electron chi connectivity index (χ4n) is 1.39. The first kappa shape index (κ1) is 13.3. The summed E-state index contributed by atoms with van der Waals surface area (Å²) in [6, 6.07) is 11.3. The molecule has 0 aliphatic rings. The van der Waals surface area contributed by atoms with Gasteiger partial charge in [-0.15, -0.1) is 0 Å². The van der Waals surface area contributed by atoms with Gasteiger partial charge in [0.2, 0.25) is 0 Å². The molecule has 0 bridgehead atoms. The van der Waals surface area contributed by atoms with Crippen molar-refractivity contribution < 1.29 is 9.18 Å². The van der Waals surface area contributed by atoms with E-state index in [1.165, 1.54) is 12.1 Å². The van der Waals surface area contributed by atoms with Gasteiger partial charge in [-0.05, 0) is 52.9 Å². The number of carbonyl (C=O) groups excluding carboxylic acids is 1. The molecule has 0 aliphatic carbocycles. The van der Waals surface area contributed by atoms with Gasteiger partial charge in [-0.3, -0.25) is 4.79 Å². The molecule has 2 aromatic carbocycles. The fraction of sp³-hybridized carbons (Fsp3) is 0. The minimum absolute atomic E-state index is 0.000779. The van der Waals surface area contributed by atoms with E-state index >= 15 is 0 Å². The standard InChI is InChI=1S/C13H8ClFINO/c14-9-6-5-8(7-10(9)15)13(18)17-12-4-2-1-3-11(12)16/h1-7H,(H,17,18). The molecule has 0 aromatic heterocycles. The SMILES string of the molecule is O=C(Nc1ccccc1I)c1ccc(Cl)c(F)c1. The highest BCUT2D eigenvalue weighted by molar-refractivity contribution is 14.1. The molecule has 2 aromatic rings. The summed E-state index contributed by atoms with van der Waals surface area (Å²) < 4.78 is 14.2. The number of halogens is 3. The number of nitrogens with one attached hydrogen (secondary N) is 1. The van der Waals surface area contributed by atoms with Crippen LogP contribution in [0.1, 0.15) is 10.4 Å². The van der Waals surface area contributed by atoms with Gasteiger partial charge in [0.1, 0.15) is 5.82 Å². The lowest BCUT2D eigenvalue weighted by Gasteiger charge is -2.07. The molecular formula is C13H8ClFINO. The van der Waals surface area contributed by atoms with Crippen molar-refractivity contribution in [3.8, 4) is 0 Å². The van der Waals surface area contributed by atoms with E-state index in [2.05, 4.69) is 27.9 Å². The zero-order valence-electron chi connectivity index (χ0n) is 9.08. The van der Waals surface area contributed by atoms with Gasteiger partial charge in [-0.1, -0.05) is 23.7 Å². The highest BCUT2D eigenvalue weighted by Gasteiger charge is 2.10. The van der Waals surface area contributed by atoms with Crippen LogP contribution < -0.4 is 5.32 Å². The predicted molar refractivity (Wildman–Crippen MR) is 78.5 cm³/mol. The van der Waals surface area contributed by atoms with Crippen LogP contribution in [0.25, 0.3) is 0 Å². The first-order valence-corrected chi connectivity index (χ1v) is 6.54. The van der Waals surface area contributed by atoms with Crippen molar-refractivity contribution in [2.24, 2.45) is 0 Å². The number of hydrogen-bond donors (Lipinski definition) is 1. The molecule has 0 heterocycles. The molecular weight excluding hydrogens is 368 g/mol. The third-order valence-electron chi connectivity index (χ3n) is 2.30. The lowest BCUT2D eigenvalue weighted by atomic mass is 10.2. The van der Waals surface area contributed by atoms with Crippen LogP contribution in [0, 0.1) is 9.39 Å². The Balaban J connectivity index is 2.22. The number of anilines is 1. The number of carbonyl (C=O) groups is 1. The second-order valence-corrected chi connectivity index (χ2v) is 5.13. The van der Waals surface area contributed by atoms with Crippen molar-refractivity contribution in [2.45, 2.75) is 0 Å². The third-order valence-corrected chi connectivity index (χ3v) is 3.55. The summed E-state index contributed by atoms with van der Waals surface area (Å²) in [7, 11) is 0. The summed E-state index contributed by atoms with van der Waals surface area (Å²) in [4.78, 5) is 11.9. The Morgan fingerprint density at radius 2 is 1.94 bits per heavy atom. The molecule has 0 aliphatic heterocycles. The molecule has 0 saturated carbocycles. The van der Waals surface area contributed by atoms with Gasteiger partial charge in [0.05, 0.1) is 10.7 Å². The van der Waals surface area contributed by atoms with Crippen molar-refractivity contribution in [3.05, 3.63) is 62.4 Å². The van der Waals surface area contributed by atoms with E-state index in [-0.39, 0.29) is 16.5 Å². The van der Waals surface area contributed by atoms with Crippen molar-refractivity contribution in [2.75, 3.05) is 5.32 Å². The van der Waals surface area contributed by atoms with Crippen molar-refractivity contribution in [1.29, 1.82) is 0 Å². The molecule has 18 heavy (non-hydrogen) atoms. The summed E-state index contributed by atoms with van der Waals surface area (Å²) in [6.07, 6.45) is 0. The van der Waals surface area contributed by atoms with Crippen LogP contribution in [0.5, 0.6) is 0 Å². The monoisotopic (exact) mass is 375 g/mol. The zero-order chi connectivity index (χ0) is 13.1. The Kier molecular flexibility index (Phi) is 4.19. The molecule has 0 radical (unpaired) electrons. The number of hydrogen-bond acceptors (Lipinski definition) is 1. The van der Waals surface area contributed by atoms with Gasteiger partial charge in [-0.25, -0.2) is 4.39 Å². The maximum atomic E-state index is 13.2. The van der Waals surface area contributed by atoms with E-state index in [4.69, 9.17) is 11.6 Å². The van der Waals surface area contributed by atoms with Crippen LogP contribution in [0.2, 0.25) is 5.02 Å². The van der Waals surface area contributed by atoms with E-state index in [0.29, 0.717) is 5.69 Å². The van der Waals surface area contributed by atoms with Gasteiger partial charge < -0.3 is 5.32 Å². The van der Waals surface area contributed by atoms with Gasteiger partial charge >= 0.3 is 0 Å². The summed E-state index contributed by atoms with van der Waals surface area (Å²) in [5.41, 5.74) is 0.926. The van der Waals surface area contributed by atoms with Crippen LogP contribution in [0.4, 0.5) is 10.1 Å². The Bertz CT molecular complexity index is 603. The smallest absolute Gasteiger partial charge is 0.255 e. The number of amides is 1. The van der Waals surface area contributed by atoms with Crippen molar-refractivity contribution in [1.82, 2.24) is 0 Å². The quantitative estimate of drug-likeness (QED) is 0.778. The minimum Gasteiger partial charge on any atom is -0.321 e.